The van der Waals surface area contributed by atoms with Gasteiger partial charge in [-0.05, 0) is 32.2 Å². The SMILES string of the molecule is CCC1(C(=O)N2CCCNCC2)CC1. The van der Waals surface area contributed by atoms with Crippen molar-refractivity contribution in [2.75, 3.05) is 26.2 Å². The first-order chi connectivity index (χ1) is 6.78. The molecule has 1 saturated carbocycles. The number of nitrogens with zero attached hydrogens (tertiary/aromatic N) is 1. The average molecular weight is 196 g/mol. The second kappa shape index (κ2) is 3.89. The molecule has 2 rings (SSSR count). The highest BCUT2D eigenvalue weighted by molar-refractivity contribution is 5.85. The van der Waals surface area contributed by atoms with E-state index >= 15 is 0 Å². The highest BCUT2D eigenvalue weighted by atomic mass is 16.2. The molecule has 0 aromatic heterocycles. The van der Waals surface area contributed by atoms with E-state index in [2.05, 4.69) is 17.1 Å². The molecule has 2 aliphatic rings. The number of nitrogens with one attached hydrogen (secondary N) is 1. The molecular weight excluding hydrogens is 176 g/mol. The molecule has 2 fully saturated rings. The topological polar surface area (TPSA) is 32.3 Å². The van der Waals surface area contributed by atoms with Gasteiger partial charge in [-0.15, -0.1) is 0 Å². The lowest BCUT2D eigenvalue weighted by atomic mass is 10.0. The van der Waals surface area contributed by atoms with Crippen LogP contribution in [0.1, 0.15) is 32.6 Å². The minimum atomic E-state index is 0.0599. The van der Waals surface area contributed by atoms with Gasteiger partial charge in [0.25, 0.3) is 0 Å². The molecule has 0 atom stereocenters. The predicted molar refractivity (Wildman–Crippen MR) is 56.0 cm³/mol. The predicted octanol–water partition coefficient (Wildman–Crippen LogP) is 0.998. The summed E-state index contributed by atoms with van der Waals surface area (Å²) in [5.41, 5.74) is 0.0599. The largest absolute Gasteiger partial charge is 0.341 e. The van der Waals surface area contributed by atoms with Crippen LogP contribution in [0, 0.1) is 5.41 Å². The van der Waals surface area contributed by atoms with Crippen LogP contribution in [-0.2, 0) is 4.79 Å². The first-order valence-electron chi connectivity index (χ1n) is 5.79. The summed E-state index contributed by atoms with van der Waals surface area (Å²) in [5.74, 6) is 0.420. The van der Waals surface area contributed by atoms with Gasteiger partial charge in [-0.2, -0.15) is 0 Å². The lowest BCUT2D eigenvalue weighted by Gasteiger charge is -2.24. The van der Waals surface area contributed by atoms with E-state index in [0.717, 1.165) is 51.9 Å². The van der Waals surface area contributed by atoms with E-state index in [0.29, 0.717) is 5.91 Å². The van der Waals surface area contributed by atoms with Gasteiger partial charge in [-0.3, -0.25) is 4.79 Å². The molecule has 0 radical (unpaired) electrons. The van der Waals surface area contributed by atoms with Gasteiger partial charge < -0.3 is 10.2 Å². The number of carbonyl (C=O) groups is 1. The molecule has 3 heteroatoms. The van der Waals surface area contributed by atoms with E-state index < -0.39 is 0 Å². The summed E-state index contributed by atoms with van der Waals surface area (Å²) in [6.07, 6.45) is 4.36. The fourth-order valence-corrected chi connectivity index (χ4v) is 2.25. The molecule has 0 aromatic rings. The monoisotopic (exact) mass is 196 g/mol. The molecule has 0 unspecified atom stereocenters. The van der Waals surface area contributed by atoms with Crippen molar-refractivity contribution in [1.29, 1.82) is 0 Å². The van der Waals surface area contributed by atoms with E-state index in [4.69, 9.17) is 0 Å². The summed E-state index contributed by atoms with van der Waals surface area (Å²) in [7, 11) is 0. The lowest BCUT2D eigenvalue weighted by molar-refractivity contribution is -0.136. The van der Waals surface area contributed by atoms with E-state index in [-0.39, 0.29) is 5.41 Å². The van der Waals surface area contributed by atoms with Crippen LogP contribution in [0.15, 0.2) is 0 Å². The molecule has 1 heterocycles. The van der Waals surface area contributed by atoms with Crippen molar-refractivity contribution >= 4 is 5.91 Å². The summed E-state index contributed by atoms with van der Waals surface area (Å²) in [6.45, 7) is 6.02. The van der Waals surface area contributed by atoms with Gasteiger partial charge in [0.1, 0.15) is 0 Å². The number of amides is 1. The Morgan fingerprint density at radius 1 is 1.36 bits per heavy atom. The molecule has 1 aliphatic heterocycles. The van der Waals surface area contributed by atoms with Gasteiger partial charge in [-0.1, -0.05) is 6.92 Å². The van der Waals surface area contributed by atoms with Gasteiger partial charge in [0.2, 0.25) is 5.91 Å². The third kappa shape index (κ3) is 1.78. The smallest absolute Gasteiger partial charge is 0.228 e. The van der Waals surface area contributed by atoms with Crippen molar-refractivity contribution in [3.05, 3.63) is 0 Å². The summed E-state index contributed by atoms with van der Waals surface area (Å²) in [5, 5.41) is 3.33. The van der Waals surface area contributed by atoms with Crippen molar-refractivity contribution in [3.8, 4) is 0 Å². The van der Waals surface area contributed by atoms with Gasteiger partial charge in [0, 0.05) is 25.0 Å². The van der Waals surface area contributed by atoms with Crippen LogP contribution in [0.5, 0.6) is 0 Å². The zero-order valence-corrected chi connectivity index (χ0v) is 9.01. The molecule has 1 aliphatic carbocycles. The maximum absolute atomic E-state index is 12.2. The summed E-state index contributed by atoms with van der Waals surface area (Å²) >= 11 is 0. The van der Waals surface area contributed by atoms with Crippen LogP contribution in [0.3, 0.4) is 0 Å². The molecule has 14 heavy (non-hydrogen) atoms. The van der Waals surface area contributed by atoms with Crippen LogP contribution in [0.25, 0.3) is 0 Å². The Bertz CT molecular complexity index is 215. The van der Waals surface area contributed by atoms with Crippen molar-refractivity contribution in [2.24, 2.45) is 5.41 Å². The minimum absolute atomic E-state index is 0.0599. The van der Waals surface area contributed by atoms with Gasteiger partial charge in [0.05, 0.1) is 0 Å². The highest BCUT2D eigenvalue weighted by Gasteiger charge is 2.49. The normalized spacial score (nSPS) is 25.6. The fourth-order valence-electron chi connectivity index (χ4n) is 2.25. The number of hydrogen-bond acceptors (Lipinski definition) is 2. The van der Waals surface area contributed by atoms with E-state index in [1.807, 2.05) is 0 Å². The van der Waals surface area contributed by atoms with Crippen LogP contribution in [-0.4, -0.2) is 37.0 Å². The third-order valence-corrected chi connectivity index (χ3v) is 3.61. The Morgan fingerprint density at radius 2 is 2.14 bits per heavy atom. The lowest BCUT2D eigenvalue weighted by Crippen LogP contribution is -2.39. The first-order valence-corrected chi connectivity index (χ1v) is 5.79. The number of carbonyl (C=O) groups excluding carboxylic acids is 1. The van der Waals surface area contributed by atoms with Gasteiger partial charge in [-0.25, -0.2) is 0 Å². The van der Waals surface area contributed by atoms with Crippen molar-refractivity contribution in [1.82, 2.24) is 10.2 Å². The van der Waals surface area contributed by atoms with E-state index in [1.54, 1.807) is 0 Å². The Morgan fingerprint density at radius 3 is 2.79 bits per heavy atom. The molecule has 3 nitrogen and oxygen atoms in total. The minimum Gasteiger partial charge on any atom is -0.341 e. The Labute approximate surface area is 85.8 Å². The number of rotatable bonds is 2. The average Bonchev–Trinajstić information content (AvgIpc) is 3.03. The van der Waals surface area contributed by atoms with Crippen molar-refractivity contribution in [2.45, 2.75) is 32.6 Å². The summed E-state index contributed by atoms with van der Waals surface area (Å²) in [4.78, 5) is 14.2. The zero-order chi connectivity index (χ0) is 10.0. The molecule has 1 N–H and O–H groups in total. The summed E-state index contributed by atoms with van der Waals surface area (Å²) < 4.78 is 0. The molecule has 0 aromatic carbocycles. The molecule has 0 spiro atoms. The van der Waals surface area contributed by atoms with Crippen LogP contribution >= 0.6 is 0 Å². The Balaban J connectivity index is 1.96. The Kier molecular flexibility index (Phi) is 2.77. The number of hydrogen-bond donors (Lipinski definition) is 1. The summed E-state index contributed by atoms with van der Waals surface area (Å²) in [6, 6.07) is 0. The second-order valence-corrected chi connectivity index (χ2v) is 4.53. The molecule has 0 bridgehead atoms. The first kappa shape index (κ1) is 9.97. The molecule has 1 saturated heterocycles. The Hall–Kier alpha value is -0.570. The highest BCUT2D eigenvalue weighted by Crippen LogP contribution is 2.50. The van der Waals surface area contributed by atoms with Crippen molar-refractivity contribution in [3.63, 3.8) is 0 Å². The van der Waals surface area contributed by atoms with Gasteiger partial charge >= 0.3 is 0 Å². The second-order valence-electron chi connectivity index (χ2n) is 4.53. The standard InChI is InChI=1S/C11H20N2O/c1-2-11(4-5-11)10(14)13-8-3-6-12-7-9-13/h12H,2-9H2,1H3. The molecule has 1 amide bonds. The van der Waals surface area contributed by atoms with Gasteiger partial charge in [0.15, 0.2) is 0 Å². The van der Waals surface area contributed by atoms with Crippen LogP contribution < -0.4 is 5.32 Å². The quantitative estimate of drug-likeness (QED) is 0.714. The van der Waals surface area contributed by atoms with E-state index in [1.165, 1.54) is 0 Å². The third-order valence-electron chi connectivity index (χ3n) is 3.61. The van der Waals surface area contributed by atoms with E-state index in [9.17, 15) is 4.79 Å². The van der Waals surface area contributed by atoms with Crippen LogP contribution in [0.4, 0.5) is 0 Å². The maximum Gasteiger partial charge on any atom is 0.228 e. The maximum atomic E-state index is 12.2. The molecular formula is C11H20N2O. The van der Waals surface area contributed by atoms with Crippen molar-refractivity contribution < 1.29 is 4.79 Å². The fraction of sp³-hybridized carbons (Fsp3) is 0.909. The van der Waals surface area contributed by atoms with Crippen LogP contribution in [0.2, 0.25) is 0 Å². The molecule has 80 valence electrons. The zero-order valence-electron chi connectivity index (χ0n) is 9.01.